The van der Waals surface area contributed by atoms with E-state index < -0.39 is 5.41 Å². The Hall–Kier alpha value is -2.04. The number of rotatable bonds is 2. The number of furan rings is 1. The van der Waals surface area contributed by atoms with Crippen molar-refractivity contribution in [3.05, 3.63) is 35.8 Å². The fourth-order valence-corrected chi connectivity index (χ4v) is 5.81. The molecule has 2 heterocycles. The second-order valence-corrected chi connectivity index (χ2v) is 8.29. The molecule has 1 saturated carbocycles. The molecule has 1 aromatic rings. The summed E-state index contributed by atoms with van der Waals surface area (Å²) in [6.07, 6.45) is 9.16. The van der Waals surface area contributed by atoms with E-state index in [1.807, 2.05) is 12.1 Å². The second-order valence-electron chi connectivity index (χ2n) is 8.29. The first-order chi connectivity index (χ1) is 12.4. The smallest absolute Gasteiger partial charge is 0.333 e. The maximum atomic E-state index is 13.2. The van der Waals surface area contributed by atoms with Gasteiger partial charge in [-0.3, -0.25) is 4.79 Å². The van der Waals surface area contributed by atoms with E-state index in [4.69, 9.17) is 13.9 Å². The molecule has 3 aliphatic rings. The van der Waals surface area contributed by atoms with Gasteiger partial charge in [0.05, 0.1) is 25.1 Å². The first-order valence-electron chi connectivity index (χ1n) is 9.45. The van der Waals surface area contributed by atoms with E-state index in [1.54, 1.807) is 12.5 Å². The van der Waals surface area contributed by atoms with Crippen molar-refractivity contribution in [2.75, 3.05) is 7.11 Å². The molecule has 0 bridgehead atoms. The van der Waals surface area contributed by atoms with E-state index in [0.29, 0.717) is 6.42 Å². The summed E-state index contributed by atoms with van der Waals surface area (Å²) in [6, 6.07) is 1.87. The summed E-state index contributed by atoms with van der Waals surface area (Å²) in [6.45, 7) is 4.29. The lowest BCUT2D eigenvalue weighted by atomic mass is 9.46. The molecule has 1 spiro atoms. The zero-order chi connectivity index (χ0) is 18.5. The van der Waals surface area contributed by atoms with Crippen LogP contribution in [0.5, 0.6) is 0 Å². The van der Waals surface area contributed by atoms with Crippen molar-refractivity contribution in [2.45, 2.75) is 52.1 Å². The summed E-state index contributed by atoms with van der Waals surface area (Å²) in [5.41, 5.74) is 0.751. The highest BCUT2D eigenvalue weighted by molar-refractivity contribution is 5.91. The average Bonchev–Trinajstić information content (AvgIpc) is 3.27. The number of hydrogen-bond acceptors (Lipinski definition) is 5. The Morgan fingerprint density at radius 2 is 2.15 bits per heavy atom. The molecule has 1 aromatic heterocycles. The molecule has 4 rings (SSSR count). The van der Waals surface area contributed by atoms with Crippen molar-refractivity contribution < 1.29 is 23.5 Å². The van der Waals surface area contributed by atoms with E-state index in [1.165, 1.54) is 7.11 Å². The lowest BCUT2D eigenvalue weighted by Crippen LogP contribution is -2.54. The Kier molecular flexibility index (Phi) is 4.01. The van der Waals surface area contributed by atoms with Crippen LogP contribution in [0.25, 0.3) is 0 Å². The van der Waals surface area contributed by atoms with Gasteiger partial charge in [0, 0.05) is 23.0 Å². The number of methoxy groups -OCH3 is 1. The van der Waals surface area contributed by atoms with Gasteiger partial charge in [-0.1, -0.05) is 19.9 Å². The number of carbonyl (C=O) groups is 2. The first kappa shape index (κ1) is 17.4. The highest BCUT2D eigenvalue weighted by Gasteiger charge is 2.65. The molecule has 2 aliphatic carbocycles. The van der Waals surface area contributed by atoms with Gasteiger partial charge in [-0.05, 0) is 43.6 Å². The van der Waals surface area contributed by atoms with Gasteiger partial charge in [0.25, 0.3) is 0 Å². The number of esters is 2. The quantitative estimate of drug-likeness (QED) is 0.741. The minimum absolute atomic E-state index is 0.0854. The fourth-order valence-electron chi connectivity index (χ4n) is 5.81. The number of ether oxygens (including phenoxy) is 2. The monoisotopic (exact) mass is 358 g/mol. The van der Waals surface area contributed by atoms with Crippen LogP contribution in [0.2, 0.25) is 0 Å². The van der Waals surface area contributed by atoms with Crippen LogP contribution < -0.4 is 0 Å². The summed E-state index contributed by atoms with van der Waals surface area (Å²) in [7, 11) is 1.43. The minimum atomic E-state index is -0.553. The van der Waals surface area contributed by atoms with Crippen LogP contribution in [-0.2, 0) is 19.1 Å². The molecule has 0 N–H and O–H groups in total. The molecule has 1 unspecified atom stereocenters. The largest absolute Gasteiger partial charge is 0.472 e. The molecule has 0 radical (unpaired) electrons. The molecule has 140 valence electrons. The van der Waals surface area contributed by atoms with Crippen molar-refractivity contribution in [1.29, 1.82) is 0 Å². The third-order valence-corrected chi connectivity index (χ3v) is 7.26. The molecule has 1 saturated heterocycles. The van der Waals surface area contributed by atoms with E-state index in [-0.39, 0.29) is 35.3 Å². The summed E-state index contributed by atoms with van der Waals surface area (Å²) >= 11 is 0. The van der Waals surface area contributed by atoms with Gasteiger partial charge < -0.3 is 13.9 Å². The van der Waals surface area contributed by atoms with Gasteiger partial charge in [-0.2, -0.15) is 0 Å². The van der Waals surface area contributed by atoms with Crippen molar-refractivity contribution in [3.63, 3.8) is 0 Å². The molecule has 0 amide bonds. The average molecular weight is 358 g/mol. The SMILES string of the molecule is COC(=O)C1=CCC[C@@H]2[C@@]3(CC(c4ccoc4)OC3=O)[C@H](C)CC[C@@]12C. The second kappa shape index (κ2) is 6.00. The van der Waals surface area contributed by atoms with Gasteiger partial charge in [-0.25, -0.2) is 4.79 Å². The molecule has 5 nitrogen and oxygen atoms in total. The topological polar surface area (TPSA) is 65.7 Å². The third-order valence-electron chi connectivity index (χ3n) is 7.26. The van der Waals surface area contributed by atoms with Gasteiger partial charge >= 0.3 is 11.9 Å². The normalized spacial score (nSPS) is 39.3. The number of fused-ring (bicyclic) bond motifs is 2. The highest BCUT2D eigenvalue weighted by atomic mass is 16.6. The van der Waals surface area contributed by atoms with Crippen LogP contribution in [0.3, 0.4) is 0 Å². The number of carbonyl (C=O) groups excluding carboxylic acids is 2. The molecular formula is C21H26O5. The summed E-state index contributed by atoms with van der Waals surface area (Å²) in [5, 5.41) is 0. The van der Waals surface area contributed by atoms with Crippen LogP contribution in [0.4, 0.5) is 0 Å². The molecule has 0 aromatic carbocycles. The first-order valence-corrected chi connectivity index (χ1v) is 9.45. The van der Waals surface area contributed by atoms with Crippen LogP contribution in [0, 0.1) is 22.7 Å². The highest BCUT2D eigenvalue weighted by Crippen LogP contribution is 2.65. The van der Waals surface area contributed by atoms with E-state index in [9.17, 15) is 9.59 Å². The Balaban J connectivity index is 1.75. The number of cyclic esters (lactones) is 1. The molecular weight excluding hydrogens is 332 g/mol. The Bertz CT molecular complexity index is 748. The lowest BCUT2D eigenvalue weighted by Gasteiger charge is -2.55. The Morgan fingerprint density at radius 1 is 1.35 bits per heavy atom. The zero-order valence-corrected chi connectivity index (χ0v) is 15.6. The predicted molar refractivity (Wildman–Crippen MR) is 93.9 cm³/mol. The van der Waals surface area contributed by atoms with Crippen LogP contribution in [0.1, 0.15) is 57.6 Å². The Morgan fingerprint density at radius 3 is 2.85 bits per heavy atom. The van der Waals surface area contributed by atoms with E-state index >= 15 is 0 Å². The fraction of sp³-hybridized carbons (Fsp3) is 0.619. The molecule has 26 heavy (non-hydrogen) atoms. The van der Waals surface area contributed by atoms with Gasteiger partial charge in [0.2, 0.25) is 0 Å². The minimum Gasteiger partial charge on any atom is -0.472 e. The molecule has 5 atom stereocenters. The standard InChI is InChI=1S/C21H26O5/c1-13-7-9-20(2)15(18(22)24-3)5-4-6-17(20)21(13)11-16(26-19(21)23)14-8-10-25-12-14/h5,8,10,12-13,16-17H,4,6-7,9,11H2,1-3H3/t13-,16?,17+,20+,21-/m1/s1. The lowest BCUT2D eigenvalue weighted by molar-refractivity contribution is -0.163. The van der Waals surface area contributed by atoms with Gasteiger partial charge in [-0.15, -0.1) is 0 Å². The van der Waals surface area contributed by atoms with Crippen molar-refractivity contribution in [1.82, 2.24) is 0 Å². The predicted octanol–water partition coefficient (Wildman–Crippen LogP) is 4.20. The summed E-state index contributed by atoms with van der Waals surface area (Å²) in [4.78, 5) is 25.6. The van der Waals surface area contributed by atoms with Crippen LogP contribution >= 0.6 is 0 Å². The number of allylic oxidation sites excluding steroid dienone is 1. The molecule has 1 aliphatic heterocycles. The zero-order valence-electron chi connectivity index (χ0n) is 15.6. The summed E-state index contributed by atoms with van der Waals surface area (Å²) < 4.78 is 16.1. The number of hydrogen-bond donors (Lipinski definition) is 0. The van der Waals surface area contributed by atoms with Crippen LogP contribution in [-0.4, -0.2) is 19.0 Å². The maximum Gasteiger partial charge on any atom is 0.333 e. The van der Waals surface area contributed by atoms with Gasteiger partial charge in [0.15, 0.2) is 0 Å². The Labute approximate surface area is 153 Å². The molecule has 2 fully saturated rings. The maximum absolute atomic E-state index is 13.2. The van der Waals surface area contributed by atoms with Gasteiger partial charge in [0.1, 0.15) is 6.10 Å². The van der Waals surface area contributed by atoms with Crippen LogP contribution in [0.15, 0.2) is 34.7 Å². The van der Waals surface area contributed by atoms with Crippen molar-refractivity contribution in [3.8, 4) is 0 Å². The molecule has 5 heteroatoms. The third kappa shape index (κ3) is 2.22. The van der Waals surface area contributed by atoms with Crippen molar-refractivity contribution in [2.24, 2.45) is 22.7 Å². The van der Waals surface area contributed by atoms with E-state index in [2.05, 4.69) is 13.8 Å². The van der Waals surface area contributed by atoms with Crippen molar-refractivity contribution >= 4 is 11.9 Å². The van der Waals surface area contributed by atoms with E-state index in [0.717, 1.165) is 36.8 Å². The summed E-state index contributed by atoms with van der Waals surface area (Å²) in [5.74, 6) is -0.0675.